The number of aromatic nitrogens is 1. The number of rotatable bonds is 1. The summed E-state index contributed by atoms with van der Waals surface area (Å²) in [4.78, 5) is 14.9. The van der Waals surface area contributed by atoms with Crippen molar-refractivity contribution < 1.29 is 19.4 Å². The molecule has 9 rings (SSSR count). The van der Waals surface area contributed by atoms with Gasteiger partial charge in [-0.15, -0.1) is 0 Å². The second-order valence-corrected chi connectivity index (χ2v) is 20.0. The van der Waals surface area contributed by atoms with Gasteiger partial charge in [0.2, 0.25) is 0 Å². The van der Waals surface area contributed by atoms with E-state index in [9.17, 15) is 9.90 Å². The van der Waals surface area contributed by atoms with Gasteiger partial charge < -0.3 is 19.1 Å². The summed E-state index contributed by atoms with van der Waals surface area (Å²) in [6.07, 6.45) is 7.34. The Balaban J connectivity index is 1.31. The van der Waals surface area contributed by atoms with E-state index < -0.39 is 23.3 Å². The number of carbonyl (C=O) groups excluding carboxylic acids is 1. The highest BCUT2D eigenvalue weighted by molar-refractivity contribution is 6.18. The van der Waals surface area contributed by atoms with E-state index in [0.717, 1.165) is 52.6 Å². The predicted molar refractivity (Wildman–Crippen MR) is 191 cm³/mol. The lowest BCUT2D eigenvalue weighted by Gasteiger charge is -2.66. The third kappa shape index (κ3) is 3.14. The summed E-state index contributed by atoms with van der Waals surface area (Å²) in [6.45, 7) is 32.2. The largest absolute Gasteiger partial charge is 0.388 e. The second kappa shape index (κ2) is 8.62. The van der Waals surface area contributed by atoms with E-state index in [1.807, 2.05) is 6.92 Å². The molecule has 0 spiro atoms. The molecule has 2 aromatic rings. The number of allylic oxidation sites excluding steroid dienone is 1. The first-order valence-corrected chi connectivity index (χ1v) is 18.8. The van der Waals surface area contributed by atoms with Crippen LogP contribution in [0.4, 0.5) is 0 Å². The van der Waals surface area contributed by atoms with Crippen LogP contribution in [0.5, 0.6) is 0 Å². The van der Waals surface area contributed by atoms with Crippen LogP contribution >= 0.6 is 0 Å². The number of aliphatic hydroxyl groups is 1. The van der Waals surface area contributed by atoms with Crippen LogP contribution in [-0.2, 0) is 21.3 Å². The van der Waals surface area contributed by atoms with Gasteiger partial charge in [-0.05, 0) is 127 Å². The van der Waals surface area contributed by atoms with Crippen molar-refractivity contribution in [1.82, 2.24) is 4.57 Å². The normalized spacial score (nSPS) is 43.3. The van der Waals surface area contributed by atoms with Gasteiger partial charge in [0.05, 0.1) is 40.1 Å². The van der Waals surface area contributed by atoms with E-state index in [1.54, 1.807) is 0 Å². The minimum absolute atomic E-state index is 0.0121. The predicted octanol–water partition coefficient (Wildman–Crippen LogP) is 9.44. The summed E-state index contributed by atoms with van der Waals surface area (Å²) < 4.78 is 16.0. The van der Waals surface area contributed by atoms with Gasteiger partial charge in [-0.3, -0.25) is 4.79 Å². The van der Waals surface area contributed by atoms with Crippen LogP contribution in [0.1, 0.15) is 154 Å². The van der Waals surface area contributed by atoms with Crippen molar-refractivity contribution in [3.63, 3.8) is 0 Å². The highest BCUT2D eigenvalue weighted by atomic mass is 16.5. The van der Waals surface area contributed by atoms with Crippen molar-refractivity contribution >= 4 is 22.3 Å². The lowest BCUT2D eigenvalue weighted by atomic mass is 9.37. The van der Waals surface area contributed by atoms with Crippen LogP contribution in [0.2, 0.25) is 0 Å². The number of Topliss-reactive ketones (excluding diaryl/α,β-unsaturated/α-hetero) is 1. The number of fused-ring (bicyclic) bond motifs is 13. The molecular formula is C43H57NO4. The Bertz CT molecular complexity index is 1920. The number of ether oxygens (including phenoxy) is 2. The van der Waals surface area contributed by atoms with Crippen LogP contribution in [0, 0.1) is 34.0 Å². The molecule has 5 heteroatoms. The first-order chi connectivity index (χ1) is 22.1. The molecule has 9 atom stereocenters. The minimum Gasteiger partial charge on any atom is -0.388 e. The van der Waals surface area contributed by atoms with Gasteiger partial charge in [0, 0.05) is 38.8 Å². The fourth-order valence-corrected chi connectivity index (χ4v) is 14.0. The summed E-state index contributed by atoms with van der Waals surface area (Å²) in [6, 6.07) is 1.93. The summed E-state index contributed by atoms with van der Waals surface area (Å²) in [5.74, 6) is 0.902. The summed E-state index contributed by atoms with van der Waals surface area (Å²) in [5, 5.41) is 13.4. The molecule has 3 fully saturated rings. The lowest BCUT2D eigenvalue weighted by Crippen LogP contribution is -2.64. The van der Waals surface area contributed by atoms with Gasteiger partial charge in [-0.25, -0.2) is 0 Å². The van der Waals surface area contributed by atoms with E-state index in [0.29, 0.717) is 11.8 Å². The zero-order valence-electron chi connectivity index (χ0n) is 31.5. The summed E-state index contributed by atoms with van der Waals surface area (Å²) in [7, 11) is 0. The van der Waals surface area contributed by atoms with E-state index in [1.165, 1.54) is 29.5 Å². The average molecular weight is 652 g/mol. The van der Waals surface area contributed by atoms with Crippen molar-refractivity contribution in [2.24, 2.45) is 34.0 Å². The monoisotopic (exact) mass is 651 g/mol. The van der Waals surface area contributed by atoms with Crippen molar-refractivity contribution in [2.75, 3.05) is 0 Å². The molecule has 1 saturated heterocycles. The molecule has 0 amide bonds. The molecule has 48 heavy (non-hydrogen) atoms. The maximum Gasteiger partial charge on any atom is 0.192 e. The van der Waals surface area contributed by atoms with Crippen LogP contribution in [-0.4, -0.2) is 38.4 Å². The topological polar surface area (TPSA) is 60.7 Å². The standard InChI is InChI=1S/C43H57NO4/c1-21(2)32-35(46)30-29-23(26-20-37(3,4)48-38(5,6)31(26)34(29)45)19-24-25-18-22-14-15-27-41(11,42(22,12)36(25)44(32)33(24)30)17-16-28-43(27,13)39(7,8)40(9,10)47-28/h19-20,22,27-28,31-32,34,45H,1,14-18H2,2-13H3. The van der Waals surface area contributed by atoms with Gasteiger partial charge in [-0.2, -0.15) is 0 Å². The quantitative estimate of drug-likeness (QED) is 0.312. The van der Waals surface area contributed by atoms with Crippen molar-refractivity contribution in [2.45, 2.75) is 156 Å². The number of hydrogen-bond donors (Lipinski definition) is 1. The van der Waals surface area contributed by atoms with Crippen LogP contribution in [0.3, 0.4) is 0 Å². The molecule has 9 unspecified atom stereocenters. The number of benzene rings is 1. The van der Waals surface area contributed by atoms with E-state index >= 15 is 0 Å². The van der Waals surface area contributed by atoms with Gasteiger partial charge in [0.1, 0.15) is 6.04 Å². The molecular weight excluding hydrogens is 594 g/mol. The molecule has 3 aliphatic heterocycles. The third-order valence-corrected chi connectivity index (χ3v) is 16.8. The van der Waals surface area contributed by atoms with Crippen molar-refractivity contribution in [3.8, 4) is 0 Å². The van der Waals surface area contributed by atoms with E-state index in [2.05, 4.69) is 99.4 Å². The third-order valence-electron chi connectivity index (χ3n) is 16.8. The highest BCUT2D eigenvalue weighted by Gasteiger charge is 2.74. The van der Waals surface area contributed by atoms with E-state index in [-0.39, 0.29) is 45.1 Å². The van der Waals surface area contributed by atoms with Crippen molar-refractivity contribution in [3.05, 3.63) is 52.2 Å². The van der Waals surface area contributed by atoms with Crippen LogP contribution < -0.4 is 0 Å². The average Bonchev–Trinajstić information content (AvgIpc) is 3.65. The Morgan fingerprint density at radius 1 is 1.00 bits per heavy atom. The van der Waals surface area contributed by atoms with Gasteiger partial charge in [-0.1, -0.05) is 46.8 Å². The number of carbonyl (C=O) groups is 1. The number of ketones is 1. The number of nitrogens with zero attached hydrogens (tertiary/aromatic N) is 1. The number of aliphatic hydroxyl groups excluding tert-OH is 1. The lowest BCUT2D eigenvalue weighted by molar-refractivity contribution is -0.163. The Morgan fingerprint density at radius 3 is 2.35 bits per heavy atom. The van der Waals surface area contributed by atoms with Crippen LogP contribution in [0.25, 0.3) is 16.5 Å². The Morgan fingerprint density at radius 2 is 1.69 bits per heavy atom. The molecule has 1 aromatic heterocycles. The first kappa shape index (κ1) is 31.7. The fourth-order valence-electron chi connectivity index (χ4n) is 14.0. The SMILES string of the molecule is C=C(C)C1C(=O)c2c3c(cc4c5c(n1c24)C1(C)C(CCC2C1(C)CCC1OC(C)(C)C(C)(C)C12C)C5)C1=CC(C)(C)OC(C)(C)C1C3O. The van der Waals surface area contributed by atoms with Gasteiger partial charge in [0.25, 0.3) is 0 Å². The van der Waals surface area contributed by atoms with Crippen LogP contribution in [0.15, 0.2) is 24.3 Å². The fraction of sp³-hybridized carbons (Fsp3) is 0.698. The molecule has 0 bridgehead atoms. The molecule has 7 aliphatic rings. The second-order valence-electron chi connectivity index (χ2n) is 20.0. The van der Waals surface area contributed by atoms with E-state index in [4.69, 9.17) is 9.47 Å². The summed E-state index contributed by atoms with van der Waals surface area (Å²) >= 11 is 0. The zero-order valence-corrected chi connectivity index (χ0v) is 31.5. The Kier molecular flexibility index (Phi) is 5.70. The maximum absolute atomic E-state index is 14.9. The molecule has 5 nitrogen and oxygen atoms in total. The van der Waals surface area contributed by atoms with Gasteiger partial charge >= 0.3 is 0 Å². The molecule has 2 saturated carbocycles. The Hall–Kier alpha value is -2.21. The zero-order chi connectivity index (χ0) is 34.7. The molecule has 1 N–H and O–H groups in total. The number of hydrogen-bond acceptors (Lipinski definition) is 4. The Labute approximate surface area is 287 Å². The smallest absolute Gasteiger partial charge is 0.192 e. The first-order valence-electron chi connectivity index (χ1n) is 18.8. The minimum atomic E-state index is -0.800. The van der Waals surface area contributed by atoms with Gasteiger partial charge in [0.15, 0.2) is 5.78 Å². The molecule has 1 aromatic carbocycles. The summed E-state index contributed by atoms with van der Waals surface area (Å²) in [5.41, 5.74) is 7.24. The highest BCUT2D eigenvalue weighted by Crippen LogP contribution is 2.76. The molecule has 4 heterocycles. The maximum atomic E-state index is 14.9. The molecule has 0 radical (unpaired) electrons. The molecule has 4 aliphatic carbocycles. The molecule has 258 valence electrons. The van der Waals surface area contributed by atoms with Crippen molar-refractivity contribution in [1.29, 1.82) is 0 Å².